The van der Waals surface area contributed by atoms with E-state index >= 15 is 9.18 Å². The van der Waals surface area contributed by atoms with Crippen molar-refractivity contribution in [3.05, 3.63) is 133 Å². The molecule has 15 nitrogen and oxygen atoms in total. The fourth-order valence-corrected chi connectivity index (χ4v) is 13.3. The molecule has 3 aromatic carbocycles. The van der Waals surface area contributed by atoms with Crippen molar-refractivity contribution < 1.29 is 23.0 Å². The summed E-state index contributed by atoms with van der Waals surface area (Å²) in [4.78, 5) is 49.9. The lowest BCUT2D eigenvalue weighted by atomic mass is 9.98. The van der Waals surface area contributed by atoms with E-state index in [1.54, 1.807) is 52.2 Å². The minimum Gasteiger partial charge on any atom is -0.372 e. The highest BCUT2D eigenvalue weighted by Gasteiger charge is 2.59. The van der Waals surface area contributed by atoms with Gasteiger partial charge in [0, 0.05) is 78.2 Å². The van der Waals surface area contributed by atoms with Gasteiger partial charge < -0.3 is 23.7 Å². The monoisotopic (exact) mass is 943 g/mol. The zero-order valence-electron chi connectivity index (χ0n) is 40.2. The van der Waals surface area contributed by atoms with Crippen LogP contribution in [0.15, 0.2) is 81.1 Å². The van der Waals surface area contributed by atoms with Gasteiger partial charge in [0.2, 0.25) is 0 Å². The molecule has 1 aliphatic carbocycles. The molecule has 356 valence electrons. The molecule has 7 aromatic rings. The molecule has 2 fully saturated rings. The molecule has 1 saturated carbocycles. The Bertz CT molecular complexity index is 3300. The molecule has 2 aliphatic heterocycles. The molecule has 0 unspecified atom stereocenters. The summed E-state index contributed by atoms with van der Waals surface area (Å²) in [7, 11) is -2.60. The van der Waals surface area contributed by atoms with Crippen molar-refractivity contribution in [2.75, 3.05) is 43.5 Å². The van der Waals surface area contributed by atoms with Crippen LogP contribution in [-0.4, -0.2) is 88.6 Å². The van der Waals surface area contributed by atoms with E-state index in [0.717, 1.165) is 39.7 Å². The molecule has 0 spiro atoms. The molecule has 4 aromatic heterocycles. The lowest BCUT2D eigenvalue weighted by molar-refractivity contribution is -0.0276. The van der Waals surface area contributed by atoms with Crippen LogP contribution in [0, 0.1) is 25.6 Å². The highest BCUT2D eigenvalue weighted by molar-refractivity contribution is 7.71. The van der Waals surface area contributed by atoms with E-state index in [4.69, 9.17) is 14.4 Å². The van der Waals surface area contributed by atoms with Gasteiger partial charge in [-0.2, -0.15) is 5.10 Å². The number of H-pyrrole nitrogens is 1. The molecule has 1 N–H and O–H groups in total. The molecule has 68 heavy (non-hydrogen) atoms. The predicted octanol–water partition coefficient (Wildman–Crippen LogP) is 7.95. The van der Waals surface area contributed by atoms with Crippen LogP contribution in [0.25, 0.3) is 28.1 Å². The smallest absolute Gasteiger partial charge is 0.372 e. The van der Waals surface area contributed by atoms with Gasteiger partial charge in [-0.3, -0.25) is 23.4 Å². The number of rotatable bonds is 11. The van der Waals surface area contributed by atoms with Gasteiger partial charge in [0.1, 0.15) is 30.0 Å². The summed E-state index contributed by atoms with van der Waals surface area (Å²) in [5.41, 5.74) is 5.14. The number of anilines is 1. The molecule has 1 saturated heterocycles. The van der Waals surface area contributed by atoms with Gasteiger partial charge in [-0.1, -0.05) is 32.9 Å². The number of aromatic amines is 1. The number of ether oxygens (including phenoxy) is 1. The first-order valence-electron chi connectivity index (χ1n) is 23.8. The van der Waals surface area contributed by atoms with Crippen molar-refractivity contribution in [1.29, 1.82) is 0 Å². The van der Waals surface area contributed by atoms with Gasteiger partial charge in [0.05, 0.1) is 35.3 Å². The minimum absolute atomic E-state index is 0.00581. The average molecular weight is 944 g/mol. The molecule has 3 aliphatic rings. The van der Waals surface area contributed by atoms with Gasteiger partial charge >= 0.3 is 11.4 Å². The third-order valence-electron chi connectivity index (χ3n) is 14.9. The second-order valence-corrected chi connectivity index (χ2v) is 23.1. The summed E-state index contributed by atoms with van der Waals surface area (Å²) in [6.07, 6.45) is 6.18. The standard InChI is InChI=1S/C51H59FN9O6P/c1-10-34-25-37(14-16-42(34)68(65,11-2)12-3)58-19-20-59(49(58)64)45-43-33(7)57(18-17-39(43)54-61(45)38-23-30(4)44(52)31(5)24-38)46(62)41-27-35-26-36(56-21-22-66-50(8,9)29-56)13-15-40(35)60(41)51(28-32(51)6)47-53-48(63)67-55-47/h13-16,19-20,23-27,32-33H,10-12,17-18,21-22,28-29H2,1-9H3,(H,53,55,63)/t32-,33-,51-/m0/s1. The van der Waals surface area contributed by atoms with Crippen molar-refractivity contribution in [2.45, 2.75) is 98.8 Å². The zero-order valence-corrected chi connectivity index (χ0v) is 41.1. The molecule has 0 radical (unpaired) electrons. The lowest BCUT2D eigenvalue weighted by Gasteiger charge is -2.39. The summed E-state index contributed by atoms with van der Waals surface area (Å²) >= 11 is 0. The second kappa shape index (κ2) is 16.5. The van der Waals surface area contributed by atoms with Crippen LogP contribution in [0.2, 0.25) is 0 Å². The Hall–Kier alpha value is -6.25. The number of carbonyl (C=O) groups excluding carboxylic acids is 1. The number of morpholine rings is 1. The van der Waals surface area contributed by atoms with Crippen LogP contribution in [0.1, 0.15) is 105 Å². The maximum Gasteiger partial charge on any atom is 0.438 e. The number of benzene rings is 3. The predicted molar refractivity (Wildman–Crippen MR) is 261 cm³/mol. The largest absolute Gasteiger partial charge is 0.438 e. The fourth-order valence-electron chi connectivity index (χ4n) is 11.0. The Balaban J connectivity index is 1.11. The van der Waals surface area contributed by atoms with Crippen LogP contribution in [-0.2, 0) is 27.7 Å². The van der Waals surface area contributed by atoms with E-state index in [2.05, 4.69) is 47.9 Å². The quantitative estimate of drug-likeness (QED) is 0.127. The van der Waals surface area contributed by atoms with Crippen molar-refractivity contribution in [2.24, 2.45) is 5.92 Å². The first-order chi connectivity index (χ1) is 32.4. The first-order valence-corrected chi connectivity index (χ1v) is 25.8. The van der Waals surface area contributed by atoms with Crippen molar-refractivity contribution in [1.82, 2.24) is 38.5 Å². The molecular weight excluding hydrogens is 885 g/mol. The van der Waals surface area contributed by atoms with Crippen molar-refractivity contribution in [3.8, 4) is 17.2 Å². The Morgan fingerprint density at radius 3 is 2.28 bits per heavy atom. The Morgan fingerprint density at radius 1 is 0.926 bits per heavy atom. The topological polar surface area (TPSA) is 158 Å². The summed E-state index contributed by atoms with van der Waals surface area (Å²) in [6, 6.07) is 16.7. The number of hydrogen-bond acceptors (Lipinski definition) is 9. The van der Waals surface area contributed by atoms with E-state index in [1.165, 1.54) is 0 Å². The maximum atomic E-state index is 15.6. The summed E-state index contributed by atoms with van der Waals surface area (Å²) < 4.78 is 47.1. The van der Waals surface area contributed by atoms with Crippen LogP contribution in [0.5, 0.6) is 0 Å². The van der Waals surface area contributed by atoms with Gasteiger partial charge in [0.25, 0.3) is 5.91 Å². The number of nitrogens with zero attached hydrogens (tertiary/aromatic N) is 8. The molecule has 1 amide bonds. The fraction of sp³-hybridized carbons (Fsp3) is 0.431. The number of imidazole rings is 1. The molecule has 3 atom stereocenters. The number of amides is 1. The number of aromatic nitrogens is 7. The highest BCUT2D eigenvalue weighted by Crippen LogP contribution is 2.56. The average Bonchev–Trinajstić information content (AvgIpc) is 3.82. The third-order valence-corrected chi connectivity index (χ3v) is 18.2. The zero-order chi connectivity index (χ0) is 48.2. The van der Waals surface area contributed by atoms with Gasteiger partial charge in [0.15, 0.2) is 5.82 Å². The van der Waals surface area contributed by atoms with Crippen LogP contribution in [0.3, 0.4) is 0 Å². The van der Waals surface area contributed by atoms with Crippen LogP contribution in [0.4, 0.5) is 10.1 Å². The maximum absolute atomic E-state index is 15.6. The number of hydrogen-bond donors (Lipinski definition) is 1. The van der Waals surface area contributed by atoms with Crippen LogP contribution < -0.4 is 21.7 Å². The van der Waals surface area contributed by atoms with E-state index in [0.29, 0.717) is 96.7 Å². The third kappa shape index (κ3) is 7.16. The van der Waals surface area contributed by atoms with Gasteiger partial charge in [-0.15, -0.1) is 0 Å². The minimum atomic E-state index is -2.60. The molecule has 10 rings (SSSR count). The molecule has 17 heteroatoms. The molecule has 6 heterocycles. The molecular formula is C51H59FN9O6P. The van der Waals surface area contributed by atoms with E-state index < -0.39 is 24.5 Å². The lowest BCUT2D eigenvalue weighted by Crippen LogP contribution is -2.48. The van der Waals surface area contributed by atoms with Gasteiger partial charge in [-0.05, 0) is 125 Å². The number of halogens is 1. The summed E-state index contributed by atoms with van der Waals surface area (Å²) in [5, 5.41) is 11.0. The van der Waals surface area contributed by atoms with E-state index in [1.807, 2.05) is 67.5 Å². The van der Waals surface area contributed by atoms with Crippen LogP contribution >= 0.6 is 7.14 Å². The SMILES string of the molecule is CCc1cc(-n2ccn(-c3c4c(nn3-c3cc(C)c(F)c(C)c3)CCN(C(=O)c3cc5cc(N6CCOC(C)(C)C6)ccc5n3[C@@]3(c5noc(=O)[nH]5)C[C@@H]3C)[C@H]4C)c2=O)ccc1P(=O)(CC)CC. The number of aryl methyl sites for hydroxylation is 3. The Morgan fingerprint density at radius 2 is 1.63 bits per heavy atom. The van der Waals surface area contributed by atoms with Gasteiger partial charge in [-0.25, -0.2) is 18.7 Å². The highest BCUT2D eigenvalue weighted by atomic mass is 31.2. The number of nitrogens with one attached hydrogen (secondary N) is 1. The van der Waals surface area contributed by atoms with E-state index in [9.17, 15) is 14.2 Å². The normalized spacial score (nSPS) is 20.3. The second-order valence-electron chi connectivity index (χ2n) is 19.5. The number of carbonyl (C=O) groups is 1. The van der Waals surface area contributed by atoms with Crippen molar-refractivity contribution >= 4 is 34.9 Å². The Labute approximate surface area is 393 Å². The first kappa shape index (κ1) is 45.5. The summed E-state index contributed by atoms with van der Waals surface area (Å²) in [6.45, 7) is 19.9. The van der Waals surface area contributed by atoms with Crippen molar-refractivity contribution in [3.63, 3.8) is 0 Å². The van der Waals surface area contributed by atoms with E-state index in [-0.39, 0.29) is 28.9 Å². The number of fused-ring (bicyclic) bond motifs is 2. The Kier molecular flexibility index (Phi) is 11.0. The molecule has 0 bridgehead atoms. The summed E-state index contributed by atoms with van der Waals surface area (Å²) in [5.74, 6) is -0.416.